The Bertz CT molecular complexity index is 1570. The Labute approximate surface area is 375 Å². The van der Waals surface area contributed by atoms with Gasteiger partial charge >= 0.3 is 0 Å². The molecule has 382 valence electrons. The van der Waals surface area contributed by atoms with Crippen LogP contribution in [-0.4, -0.2) is 276 Å². The second-order valence-electron chi connectivity index (χ2n) is 16.4. The molecular weight excluding hydrogens is 902 g/mol. The summed E-state index contributed by atoms with van der Waals surface area (Å²) >= 11 is 0. The molecule has 5 heterocycles. The van der Waals surface area contributed by atoms with Crippen LogP contribution in [0.1, 0.15) is 27.2 Å². The fourth-order valence-corrected chi connectivity index (χ4v) is 8.14. The summed E-state index contributed by atoms with van der Waals surface area (Å²) in [6, 6.07) is -3.09. The van der Waals surface area contributed by atoms with Gasteiger partial charge in [0, 0.05) is 20.3 Å². The van der Waals surface area contributed by atoms with E-state index in [-0.39, 0.29) is 6.42 Å². The van der Waals surface area contributed by atoms with Crippen LogP contribution in [0.2, 0.25) is 0 Å². The molecule has 17 N–H and O–H groups in total. The number of aliphatic hydroxyl groups excluding tert-OH is 14. The number of hydrogen-bond donors (Lipinski definition) is 17. The van der Waals surface area contributed by atoms with Crippen molar-refractivity contribution in [1.82, 2.24) is 16.0 Å². The first-order valence-electron chi connectivity index (χ1n) is 21.1. The van der Waals surface area contributed by atoms with Crippen LogP contribution in [0, 0.1) is 0 Å². The zero-order valence-corrected chi connectivity index (χ0v) is 35.8. The summed E-state index contributed by atoms with van der Waals surface area (Å²) in [5.41, 5.74) is 0. The maximum Gasteiger partial charge on any atom is 0.221 e. The van der Waals surface area contributed by atoms with E-state index in [0.717, 1.165) is 13.8 Å². The summed E-state index contributed by atoms with van der Waals surface area (Å²) in [6.07, 6.45) is -41.9. The highest BCUT2D eigenvalue weighted by atomic mass is 16.8. The van der Waals surface area contributed by atoms with Crippen molar-refractivity contribution in [1.29, 1.82) is 0 Å². The molecule has 5 aliphatic rings. The molecule has 66 heavy (non-hydrogen) atoms. The number of carbonyl (C=O) groups excluding carboxylic acids is 3. The van der Waals surface area contributed by atoms with Gasteiger partial charge in [-0.1, -0.05) is 6.92 Å². The SMILES string of the molecule is CCC(=O)N[C@@H]1OC(CO)[C@H](OC2OC(CO)[C@@H](O[C@@H]3OC(CO[C@@H]4OC(CO)[C@H](O)[C@H](O)C4O)[C@H](O)[C@H](OC4OC(CO)[C@@H](O)[C@@H](O)C4O)C3O)[C@@H](O)C2NC(C)=O)[C@H](O)C1NC(C)=O. The molecule has 0 aromatic heterocycles. The molecule has 29 nitrogen and oxygen atoms in total. The number of rotatable bonds is 17. The molecule has 5 aliphatic heterocycles. The van der Waals surface area contributed by atoms with Crippen molar-refractivity contribution < 1.29 is 129 Å². The first kappa shape index (κ1) is 54.4. The molecular formula is C37H63N3O26. The topological polar surface area (TPSA) is 454 Å². The minimum atomic E-state index is -2.19. The van der Waals surface area contributed by atoms with Crippen LogP contribution in [0.25, 0.3) is 0 Å². The number of ether oxygens (including phenoxy) is 9. The second kappa shape index (κ2) is 23.9. The number of aliphatic hydroxyl groups is 14. The molecule has 5 fully saturated rings. The number of carbonyl (C=O) groups is 3. The summed E-state index contributed by atoms with van der Waals surface area (Å²) in [7, 11) is 0. The van der Waals surface area contributed by atoms with Crippen LogP contribution < -0.4 is 16.0 Å². The van der Waals surface area contributed by atoms with Crippen molar-refractivity contribution in [3.8, 4) is 0 Å². The van der Waals surface area contributed by atoms with Gasteiger partial charge < -0.3 is 130 Å². The highest BCUT2D eigenvalue weighted by Gasteiger charge is 2.56. The van der Waals surface area contributed by atoms with Crippen molar-refractivity contribution in [3.05, 3.63) is 0 Å². The predicted octanol–water partition coefficient (Wildman–Crippen LogP) is -11.1. The summed E-state index contributed by atoms with van der Waals surface area (Å²) in [5, 5.41) is 156. The lowest BCUT2D eigenvalue weighted by atomic mass is 9.93. The van der Waals surface area contributed by atoms with Gasteiger partial charge in [0.2, 0.25) is 17.7 Å². The molecule has 3 amide bonds. The summed E-state index contributed by atoms with van der Waals surface area (Å²) in [5.74, 6) is -2.00. The van der Waals surface area contributed by atoms with Crippen LogP contribution in [-0.2, 0) is 57.0 Å². The Morgan fingerprint density at radius 2 is 0.864 bits per heavy atom. The molecule has 12 unspecified atom stereocenters. The van der Waals surface area contributed by atoms with E-state index in [9.17, 15) is 85.9 Å². The molecule has 0 aromatic rings. The van der Waals surface area contributed by atoms with Crippen LogP contribution in [0.4, 0.5) is 0 Å². The van der Waals surface area contributed by atoms with Crippen molar-refractivity contribution in [2.45, 2.75) is 181 Å². The maximum absolute atomic E-state index is 12.6. The van der Waals surface area contributed by atoms with Gasteiger partial charge in [0.1, 0.15) is 122 Å². The van der Waals surface area contributed by atoms with E-state index in [0.29, 0.717) is 0 Å². The molecule has 0 radical (unpaired) electrons. The molecule has 0 spiro atoms. The van der Waals surface area contributed by atoms with E-state index in [1.165, 1.54) is 6.92 Å². The number of amides is 3. The molecule has 0 bridgehead atoms. The Hall–Kier alpha value is -2.51. The standard InChI is InChI=1S/C37H63N3O26/c1-4-17(47)40-33-18(38-10(2)45)23(51)30(14(7-43)59-33)64-34-19(39-11(3)46)24(52)31(15(8-44)62-34)65-37-29(57)32(66-36-28(56)26(54)21(49)13(6-42)61-36)22(50)16(63-37)9-58-35-27(55)25(53)20(48)12(5-41)60-35/h12-16,18-37,41-44,48-57H,4-9H2,1-3H3,(H,38,45)(H,39,46)(H,40,47)/t12?,13?,14?,15?,16?,18?,19?,20-,21+,22-,23+,24-,25-,26+,27?,28?,29?,30-,31+,32-,33+,34?,35+,36?,37-/m0/s1. The third-order valence-corrected chi connectivity index (χ3v) is 11.8. The average Bonchev–Trinajstić information content (AvgIpc) is 3.28. The van der Waals surface area contributed by atoms with Crippen molar-refractivity contribution in [3.63, 3.8) is 0 Å². The molecule has 25 atom stereocenters. The van der Waals surface area contributed by atoms with Gasteiger partial charge in [-0.2, -0.15) is 0 Å². The first-order chi connectivity index (χ1) is 31.2. The van der Waals surface area contributed by atoms with E-state index in [1.807, 2.05) is 0 Å². The van der Waals surface area contributed by atoms with Crippen molar-refractivity contribution in [2.24, 2.45) is 0 Å². The minimum Gasteiger partial charge on any atom is -0.394 e. The normalized spacial score (nSPS) is 46.6. The van der Waals surface area contributed by atoms with Crippen LogP contribution in [0.5, 0.6) is 0 Å². The molecule has 5 saturated heterocycles. The molecule has 0 aliphatic carbocycles. The second-order valence-corrected chi connectivity index (χ2v) is 16.4. The van der Waals surface area contributed by atoms with Gasteiger partial charge in [0.15, 0.2) is 31.4 Å². The largest absolute Gasteiger partial charge is 0.394 e. The number of hydrogen-bond acceptors (Lipinski definition) is 26. The highest BCUT2D eigenvalue weighted by molar-refractivity contribution is 5.76. The van der Waals surface area contributed by atoms with Gasteiger partial charge in [-0.05, 0) is 0 Å². The fourth-order valence-electron chi connectivity index (χ4n) is 8.14. The lowest BCUT2D eigenvalue weighted by Gasteiger charge is -2.50. The Morgan fingerprint density at radius 3 is 1.39 bits per heavy atom. The lowest BCUT2D eigenvalue weighted by molar-refractivity contribution is -0.383. The van der Waals surface area contributed by atoms with Crippen LogP contribution in [0.3, 0.4) is 0 Å². The Morgan fingerprint density at radius 1 is 0.439 bits per heavy atom. The van der Waals surface area contributed by atoms with Crippen molar-refractivity contribution in [2.75, 3.05) is 33.0 Å². The smallest absolute Gasteiger partial charge is 0.221 e. The van der Waals surface area contributed by atoms with Gasteiger partial charge in [-0.3, -0.25) is 14.4 Å². The van der Waals surface area contributed by atoms with E-state index in [1.54, 1.807) is 0 Å². The zero-order chi connectivity index (χ0) is 48.9. The summed E-state index contributed by atoms with van der Waals surface area (Å²) < 4.78 is 51.7. The summed E-state index contributed by atoms with van der Waals surface area (Å²) in [6.45, 7) is -0.748. The summed E-state index contributed by atoms with van der Waals surface area (Å²) in [4.78, 5) is 37.0. The van der Waals surface area contributed by atoms with Gasteiger partial charge in [-0.25, -0.2) is 0 Å². The van der Waals surface area contributed by atoms with Crippen LogP contribution >= 0.6 is 0 Å². The van der Waals surface area contributed by atoms with Gasteiger partial charge in [0.05, 0.1) is 33.0 Å². The van der Waals surface area contributed by atoms with Gasteiger partial charge in [-0.15, -0.1) is 0 Å². The van der Waals surface area contributed by atoms with E-state index in [2.05, 4.69) is 16.0 Å². The number of nitrogens with one attached hydrogen (secondary N) is 3. The monoisotopic (exact) mass is 965 g/mol. The van der Waals surface area contributed by atoms with E-state index in [4.69, 9.17) is 42.6 Å². The quantitative estimate of drug-likeness (QED) is 0.0643. The van der Waals surface area contributed by atoms with Crippen molar-refractivity contribution >= 4 is 17.7 Å². The third kappa shape index (κ3) is 12.1. The lowest BCUT2D eigenvalue weighted by Crippen LogP contribution is -2.71. The minimum absolute atomic E-state index is 0.0174. The zero-order valence-electron chi connectivity index (χ0n) is 35.8. The Balaban J connectivity index is 1.42. The van der Waals surface area contributed by atoms with Crippen LogP contribution in [0.15, 0.2) is 0 Å². The molecule has 0 aromatic carbocycles. The third-order valence-electron chi connectivity index (χ3n) is 11.8. The maximum atomic E-state index is 12.6. The molecule has 5 rings (SSSR count). The van der Waals surface area contributed by atoms with Gasteiger partial charge in [0.25, 0.3) is 0 Å². The molecule has 0 saturated carbocycles. The first-order valence-corrected chi connectivity index (χ1v) is 21.1. The molecule has 29 heteroatoms. The van der Waals surface area contributed by atoms with E-state index < -0.39 is 204 Å². The average molecular weight is 966 g/mol. The van der Waals surface area contributed by atoms with E-state index >= 15 is 0 Å². The Kier molecular flexibility index (Phi) is 19.7. The predicted molar refractivity (Wildman–Crippen MR) is 206 cm³/mol. The fraction of sp³-hybridized carbons (Fsp3) is 0.919. The highest BCUT2D eigenvalue weighted by Crippen LogP contribution is 2.35.